The van der Waals surface area contributed by atoms with E-state index in [4.69, 9.17) is 9.15 Å². The predicted octanol–water partition coefficient (Wildman–Crippen LogP) is 2.44. The fraction of sp³-hybridized carbons (Fsp3) is 0.214. The van der Waals surface area contributed by atoms with Gasteiger partial charge < -0.3 is 14.5 Å². The minimum absolute atomic E-state index is 0.0862. The normalized spacial score (nSPS) is 11.7. The predicted molar refractivity (Wildman–Crippen MR) is 73.9 cm³/mol. The van der Waals surface area contributed by atoms with Crippen LogP contribution in [-0.4, -0.2) is 17.4 Å². The summed E-state index contributed by atoms with van der Waals surface area (Å²) in [6, 6.07) is 8.88. The zero-order valence-corrected chi connectivity index (χ0v) is 11.3. The summed E-state index contributed by atoms with van der Waals surface area (Å²) in [6.07, 6.45) is 1.53. The average Bonchev–Trinajstić information content (AvgIpc) is 2.99. The minimum Gasteiger partial charge on any atom is -0.484 e. The zero-order valence-electron chi connectivity index (χ0n) is 11.3. The number of amides is 1. The van der Waals surface area contributed by atoms with Crippen molar-refractivity contribution in [2.24, 2.45) is 0 Å². The molecule has 0 saturated heterocycles. The molecular weight excluding hydrogens is 276 g/mol. The fourth-order valence-corrected chi connectivity index (χ4v) is 1.73. The summed E-state index contributed by atoms with van der Waals surface area (Å²) in [5.41, 5.74) is -0.0862. The molecule has 0 spiro atoms. The number of hydrogen-bond donors (Lipinski definition) is 1. The van der Waals surface area contributed by atoms with Gasteiger partial charge in [0.1, 0.15) is 11.5 Å². The fourth-order valence-electron chi connectivity index (χ4n) is 1.73. The number of nitro benzene ring substituents is 1. The van der Waals surface area contributed by atoms with Gasteiger partial charge in [-0.15, -0.1) is 0 Å². The summed E-state index contributed by atoms with van der Waals surface area (Å²) in [6.45, 7) is 1.55. The summed E-state index contributed by atoms with van der Waals surface area (Å²) in [4.78, 5) is 21.8. The first kappa shape index (κ1) is 14.6. The maximum absolute atomic E-state index is 11.7. The van der Waals surface area contributed by atoms with Gasteiger partial charge >= 0.3 is 0 Å². The van der Waals surface area contributed by atoms with Crippen LogP contribution in [0.4, 0.5) is 5.69 Å². The molecule has 1 N–H and O–H groups in total. The number of ether oxygens (including phenoxy) is 1. The van der Waals surface area contributed by atoms with E-state index >= 15 is 0 Å². The highest BCUT2D eigenvalue weighted by atomic mass is 16.6. The standard InChI is InChI=1S/C14H14N2O5/c1-10(13-6-3-7-20-13)15-14(17)9-21-12-5-2-4-11(8-12)16(18)19/h2-8,10H,9H2,1H3,(H,15,17)/t10-/m1/s1. The highest BCUT2D eigenvalue weighted by molar-refractivity contribution is 5.77. The van der Waals surface area contributed by atoms with Gasteiger partial charge in [-0.2, -0.15) is 0 Å². The van der Waals surface area contributed by atoms with Gasteiger partial charge in [0.25, 0.3) is 11.6 Å². The Morgan fingerprint density at radius 3 is 2.90 bits per heavy atom. The molecule has 7 heteroatoms. The molecule has 0 fully saturated rings. The number of carbonyl (C=O) groups is 1. The molecule has 1 amide bonds. The van der Waals surface area contributed by atoms with Gasteiger partial charge in [-0.1, -0.05) is 6.07 Å². The molecule has 0 radical (unpaired) electrons. The van der Waals surface area contributed by atoms with Crippen molar-refractivity contribution in [3.8, 4) is 5.75 Å². The first-order chi connectivity index (χ1) is 10.1. The van der Waals surface area contributed by atoms with E-state index in [0.29, 0.717) is 5.76 Å². The third kappa shape index (κ3) is 4.07. The molecule has 7 nitrogen and oxygen atoms in total. The van der Waals surface area contributed by atoms with E-state index in [1.807, 2.05) is 0 Å². The number of carbonyl (C=O) groups excluding carboxylic acids is 1. The molecule has 110 valence electrons. The van der Waals surface area contributed by atoms with E-state index in [0.717, 1.165) is 0 Å². The Morgan fingerprint density at radius 2 is 2.24 bits per heavy atom. The van der Waals surface area contributed by atoms with Crippen molar-refractivity contribution >= 4 is 11.6 Å². The number of rotatable bonds is 6. The SMILES string of the molecule is C[C@@H](NC(=O)COc1cccc([N+](=O)[O-])c1)c1ccco1. The summed E-state index contributed by atoms with van der Waals surface area (Å²) in [7, 11) is 0. The van der Waals surface area contributed by atoms with Gasteiger partial charge in [-0.3, -0.25) is 14.9 Å². The quantitative estimate of drug-likeness (QED) is 0.651. The molecule has 0 aliphatic rings. The second-order valence-electron chi connectivity index (χ2n) is 4.35. The molecule has 1 aromatic carbocycles. The van der Waals surface area contributed by atoms with Gasteiger partial charge in [-0.05, 0) is 25.1 Å². The Balaban J connectivity index is 1.86. The highest BCUT2D eigenvalue weighted by Gasteiger charge is 2.13. The number of hydrogen-bond acceptors (Lipinski definition) is 5. The van der Waals surface area contributed by atoms with Crippen LogP contribution in [0.1, 0.15) is 18.7 Å². The number of benzene rings is 1. The number of non-ortho nitro benzene ring substituents is 1. The van der Waals surface area contributed by atoms with Crippen LogP contribution in [0, 0.1) is 10.1 Å². The number of nitrogens with zero attached hydrogens (tertiary/aromatic N) is 1. The first-order valence-electron chi connectivity index (χ1n) is 6.26. The Bertz CT molecular complexity index is 624. The van der Waals surface area contributed by atoms with Crippen LogP contribution in [0.3, 0.4) is 0 Å². The first-order valence-corrected chi connectivity index (χ1v) is 6.26. The van der Waals surface area contributed by atoms with Crippen molar-refractivity contribution < 1.29 is 18.9 Å². The van der Waals surface area contributed by atoms with Crippen molar-refractivity contribution in [3.05, 3.63) is 58.5 Å². The molecule has 21 heavy (non-hydrogen) atoms. The van der Waals surface area contributed by atoms with E-state index in [2.05, 4.69) is 5.32 Å². The molecule has 2 rings (SSSR count). The third-order valence-electron chi connectivity index (χ3n) is 2.75. The Hall–Kier alpha value is -2.83. The third-order valence-corrected chi connectivity index (χ3v) is 2.75. The molecule has 0 aliphatic carbocycles. The molecular formula is C14H14N2O5. The van der Waals surface area contributed by atoms with Crippen LogP contribution < -0.4 is 10.1 Å². The number of nitrogens with one attached hydrogen (secondary N) is 1. The molecule has 1 atom stereocenters. The largest absolute Gasteiger partial charge is 0.484 e. The lowest BCUT2D eigenvalue weighted by atomic mass is 10.2. The zero-order chi connectivity index (χ0) is 15.2. The molecule has 0 bridgehead atoms. The van der Waals surface area contributed by atoms with E-state index in [1.165, 1.54) is 24.5 Å². The van der Waals surface area contributed by atoms with Crippen molar-refractivity contribution in [1.29, 1.82) is 0 Å². The summed E-state index contributed by atoms with van der Waals surface area (Å²) < 4.78 is 10.4. The van der Waals surface area contributed by atoms with Crippen molar-refractivity contribution in [2.45, 2.75) is 13.0 Å². The van der Waals surface area contributed by atoms with E-state index < -0.39 is 4.92 Å². The summed E-state index contributed by atoms with van der Waals surface area (Å²) in [5, 5.41) is 13.3. The van der Waals surface area contributed by atoms with Crippen molar-refractivity contribution in [1.82, 2.24) is 5.32 Å². The van der Waals surface area contributed by atoms with Gasteiger partial charge in [0.15, 0.2) is 6.61 Å². The van der Waals surface area contributed by atoms with Crippen molar-refractivity contribution in [2.75, 3.05) is 6.61 Å². The lowest BCUT2D eigenvalue weighted by molar-refractivity contribution is -0.384. The summed E-state index contributed by atoms with van der Waals surface area (Å²) in [5.74, 6) is 0.564. The lowest BCUT2D eigenvalue weighted by Crippen LogP contribution is -2.31. The topological polar surface area (TPSA) is 94.6 Å². The molecule has 1 heterocycles. The Labute approximate surface area is 120 Å². The van der Waals surface area contributed by atoms with Gasteiger partial charge in [-0.25, -0.2) is 0 Å². The molecule has 0 aliphatic heterocycles. The minimum atomic E-state index is -0.522. The van der Waals surface area contributed by atoms with Crippen LogP contribution in [0.2, 0.25) is 0 Å². The van der Waals surface area contributed by atoms with E-state index in [1.54, 1.807) is 25.1 Å². The van der Waals surface area contributed by atoms with E-state index in [9.17, 15) is 14.9 Å². The maximum atomic E-state index is 11.7. The van der Waals surface area contributed by atoms with Crippen LogP contribution in [0.25, 0.3) is 0 Å². The van der Waals surface area contributed by atoms with Gasteiger partial charge in [0.2, 0.25) is 0 Å². The van der Waals surface area contributed by atoms with Crippen LogP contribution in [-0.2, 0) is 4.79 Å². The van der Waals surface area contributed by atoms with Crippen LogP contribution >= 0.6 is 0 Å². The Kier molecular flexibility index (Phi) is 4.55. The highest BCUT2D eigenvalue weighted by Crippen LogP contribution is 2.19. The van der Waals surface area contributed by atoms with Crippen LogP contribution in [0.15, 0.2) is 47.1 Å². The van der Waals surface area contributed by atoms with Crippen molar-refractivity contribution in [3.63, 3.8) is 0 Å². The average molecular weight is 290 g/mol. The van der Waals surface area contributed by atoms with Gasteiger partial charge in [0, 0.05) is 6.07 Å². The monoisotopic (exact) mass is 290 g/mol. The molecule has 1 aromatic heterocycles. The second-order valence-corrected chi connectivity index (χ2v) is 4.35. The Morgan fingerprint density at radius 1 is 1.43 bits per heavy atom. The molecule has 0 saturated carbocycles. The van der Waals surface area contributed by atoms with Crippen LogP contribution in [0.5, 0.6) is 5.75 Å². The lowest BCUT2D eigenvalue weighted by Gasteiger charge is -2.12. The molecule has 0 unspecified atom stereocenters. The van der Waals surface area contributed by atoms with Gasteiger partial charge in [0.05, 0.1) is 23.3 Å². The number of furan rings is 1. The smallest absolute Gasteiger partial charge is 0.273 e. The number of nitro groups is 1. The molecule has 2 aromatic rings. The second kappa shape index (κ2) is 6.56. The summed E-state index contributed by atoms with van der Waals surface area (Å²) >= 11 is 0. The van der Waals surface area contributed by atoms with E-state index in [-0.39, 0.29) is 30.0 Å². The maximum Gasteiger partial charge on any atom is 0.273 e.